The molecule has 5 aliphatic carbocycles. The summed E-state index contributed by atoms with van der Waals surface area (Å²) >= 11 is 0. The zero-order valence-corrected chi connectivity index (χ0v) is 37.5. The molecule has 0 aromatic heterocycles. The number of carbonyl (C=O) groups excluding carboxylic acids is 2. The third-order valence-electron chi connectivity index (χ3n) is 16.7. The zero-order chi connectivity index (χ0) is 43.4. The molecule has 0 bridgehead atoms. The number of aliphatic carboxylic acids is 1. The summed E-state index contributed by atoms with van der Waals surface area (Å²) in [4.78, 5) is 38.2. The molecule has 4 saturated carbocycles. The highest BCUT2D eigenvalue weighted by Gasteiger charge is 2.70. The van der Waals surface area contributed by atoms with Crippen molar-refractivity contribution < 1.29 is 42.5 Å². The van der Waals surface area contributed by atoms with Crippen LogP contribution in [0.4, 0.5) is 13.2 Å². The van der Waals surface area contributed by atoms with E-state index in [1.54, 1.807) is 30.3 Å². The van der Waals surface area contributed by atoms with Crippen molar-refractivity contribution in [2.75, 3.05) is 13.2 Å². The van der Waals surface area contributed by atoms with Crippen LogP contribution in [0.5, 0.6) is 0 Å². The predicted octanol–water partition coefficient (Wildman–Crippen LogP) is 10.9. The second kappa shape index (κ2) is 17.2. The van der Waals surface area contributed by atoms with E-state index in [9.17, 15) is 37.8 Å². The quantitative estimate of drug-likeness (QED) is 0.179. The molecule has 3 N–H and O–H groups in total. The summed E-state index contributed by atoms with van der Waals surface area (Å²) in [5, 5.41) is 24.0. The second-order valence-electron chi connectivity index (χ2n) is 20.7. The van der Waals surface area contributed by atoms with Gasteiger partial charge in [0.25, 0.3) is 0 Å². The number of nitrogens with one attached hydrogen (secondary N) is 1. The number of halogens is 4. The number of ketones is 1. The summed E-state index contributed by atoms with van der Waals surface area (Å²) in [5.41, 5.74) is 0.590. The van der Waals surface area contributed by atoms with E-state index >= 15 is 0 Å². The Balaban J connectivity index is 0.000000235. The van der Waals surface area contributed by atoms with Crippen molar-refractivity contribution in [2.45, 2.75) is 138 Å². The van der Waals surface area contributed by atoms with Gasteiger partial charge in [-0.15, -0.1) is 12.4 Å². The maximum atomic E-state index is 14.2. The number of aliphatic hydroxyl groups excluding tert-OH is 1. The van der Waals surface area contributed by atoms with E-state index < -0.39 is 29.1 Å². The summed E-state index contributed by atoms with van der Waals surface area (Å²) < 4.78 is 43.3. The molecule has 10 unspecified atom stereocenters. The molecule has 11 heteroatoms. The molecule has 60 heavy (non-hydrogen) atoms. The van der Waals surface area contributed by atoms with Crippen molar-refractivity contribution >= 4 is 30.1 Å². The van der Waals surface area contributed by atoms with Gasteiger partial charge in [0, 0.05) is 18.5 Å². The van der Waals surface area contributed by atoms with Gasteiger partial charge in [0.2, 0.25) is 0 Å². The summed E-state index contributed by atoms with van der Waals surface area (Å²) in [6.07, 6.45) is 6.07. The van der Waals surface area contributed by atoms with Gasteiger partial charge in [-0.1, -0.05) is 83.5 Å². The lowest BCUT2D eigenvalue weighted by Gasteiger charge is -2.70. The first-order valence-electron chi connectivity index (χ1n) is 21.7. The molecule has 10 atom stereocenters. The van der Waals surface area contributed by atoms with Crippen LogP contribution in [-0.4, -0.2) is 53.2 Å². The molecule has 4 fully saturated rings. The Morgan fingerprint density at radius 3 is 2.22 bits per heavy atom. The molecule has 7 rings (SSSR count). The smallest absolute Gasteiger partial charge is 0.416 e. The van der Waals surface area contributed by atoms with Gasteiger partial charge >= 0.3 is 18.1 Å². The van der Waals surface area contributed by atoms with Gasteiger partial charge in [0.05, 0.1) is 22.6 Å². The lowest BCUT2D eigenvalue weighted by molar-refractivity contribution is -0.202. The molecular weight excluding hydrogens is 791 g/mol. The summed E-state index contributed by atoms with van der Waals surface area (Å²) in [5.74, 6) is -0.335. The molecule has 5 aliphatic rings. The van der Waals surface area contributed by atoms with Gasteiger partial charge in [-0.05, 0) is 147 Å². The minimum absolute atomic E-state index is 0. The van der Waals surface area contributed by atoms with Crippen LogP contribution < -0.4 is 5.32 Å². The first-order chi connectivity index (χ1) is 27.4. The third-order valence-corrected chi connectivity index (χ3v) is 16.7. The van der Waals surface area contributed by atoms with E-state index in [-0.39, 0.29) is 75.9 Å². The van der Waals surface area contributed by atoms with Crippen LogP contribution in [0.2, 0.25) is 0 Å². The number of carboxylic acid groups (broad SMARTS) is 1. The van der Waals surface area contributed by atoms with Crippen LogP contribution in [0.3, 0.4) is 0 Å². The Kier molecular flexibility index (Phi) is 13.7. The Hall–Kier alpha value is -3.21. The Labute approximate surface area is 361 Å². The molecule has 0 spiro atoms. The van der Waals surface area contributed by atoms with E-state index in [1.165, 1.54) is 11.6 Å². The normalized spacial score (nSPS) is 35.9. The Morgan fingerprint density at radius 1 is 0.900 bits per heavy atom. The highest BCUT2D eigenvalue weighted by atomic mass is 35.5. The van der Waals surface area contributed by atoms with Crippen LogP contribution in [0.25, 0.3) is 0 Å². The van der Waals surface area contributed by atoms with Crippen molar-refractivity contribution in [3.05, 3.63) is 82.9 Å². The maximum Gasteiger partial charge on any atom is 0.416 e. The molecule has 2 aromatic rings. The van der Waals surface area contributed by atoms with Crippen LogP contribution >= 0.6 is 12.4 Å². The number of carbonyl (C=O) groups is 3. The highest BCUT2D eigenvalue weighted by molar-refractivity contribution is 5.95. The SMILES string of the molecule is CC(Cc1cccc(C(F)(F)F)c1)NCCOC(=O)c1ccccc1.CC1(C(=O)O)CCC2(C)CCC3(C)C(=CC(=O)C4C5(C)CCC(O)C(C)(C)C5CCC43C)C2C1.Cl. The number of esters is 1. The summed E-state index contributed by atoms with van der Waals surface area (Å²) in [6, 6.07) is 13.9. The minimum atomic E-state index is -4.34. The molecule has 0 heterocycles. The van der Waals surface area contributed by atoms with Gasteiger partial charge < -0.3 is 20.3 Å². The number of hydrogen-bond acceptors (Lipinski definition) is 6. The average Bonchev–Trinajstić information content (AvgIpc) is 3.17. The number of aliphatic hydroxyl groups is 1. The van der Waals surface area contributed by atoms with E-state index in [2.05, 4.69) is 46.9 Å². The number of hydrogen-bond donors (Lipinski definition) is 3. The number of benzene rings is 2. The lowest BCUT2D eigenvalue weighted by Crippen LogP contribution is -2.66. The third kappa shape index (κ3) is 8.60. The maximum absolute atomic E-state index is 14.2. The van der Waals surface area contributed by atoms with E-state index in [1.807, 2.05) is 26.0 Å². The van der Waals surface area contributed by atoms with E-state index in [0.717, 1.165) is 63.5 Å². The van der Waals surface area contributed by atoms with Gasteiger partial charge in [-0.25, -0.2) is 4.79 Å². The van der Waals surface area contributed by atoms with Gasteiger partial charge in [0.1, 0.15) is 6.61 Å². The number of ether oxygens (including phenoxy) is 1. The fourth-order valence-corrected chi connectivity index (χ4v) is 12.8. The zero-order valence-electron chi connectivity index (χ0n) is 36.7. The predicted molar refractivity (Wildman–Crippen MR) is 230 cm³/mol. The fourth-order valence-electron chi connectivity index (χ4n) is 12.8. The first kappa shape index (κ1) is 47.8. The molecule has 0 saturated heterocycles. The molecule has 7 nitrogen and oxygen atoms in total. The number of carboxylic acids is 1. The average molecular weight is 859 g/mol. The first-order valence-corrected chi connectivity index (χ1v) is 21.7. The van der Waals surface area contributed by atoms with E-state index in [4.69, 9.17) is 4.74 Å². The molecule has 0 aliphatic heterocycles. The molecule has 0 radical (unpaired) electrons. The molecule has 0 amide bonds. The van der Waals surface area contributed by atoms with Crippen LogP contribution in [0.1, 0.15) is 135 Å². The molecule has 2 aromatic carbocycles. The van der Waals surface area contributed by atoms with E-state index in [0.29, 0.717) is 36.4 Å². The molecular formula is C49H67ClF3NO6. The van der Waals surface area contributed by atoms with Gasteiger partial charge in [-0.3, -0.25) is 9.59 Å². The topological polar surface area (TPSA) is 113 Å². The minimum Gasteiger partial charge on any atom is -0.481 e. The second-order valence-corrected chi connectivity index (χ2v) is 20.7. The van der Waals surface area contributed by atoms with Gasteiger partial charge in [-0.2, -0.15) is 13.2 Å². The number of allylic oxidation sites excluding steroid dienone is 2. The summed E-state index contributed by atoms with van der Waals surface area (Å²) in [7, 11) is 0. The number of fused-ring (bicyclic) bond motifs is 7. The molecule has 332 valence electrons. The Morgan fingerprint density at radius 2 is 1.57 bits per heavy atom. The summed E-state index contributed by atoms with van der Waals surface area (Å²) in [6.45, 7) is 18.3. The monoisotopic (exact) mass is 857 g/mol. The van der Waals surface area contributed by atoms with Gasteiger partial charge in [0.15, 0.2) is 5.78 Å². The van der Waals surface area contributed by atoms with Crippen molar-refractivity contribution in [1.29, 1.82) is 0 Å². The van der Waals surface area contributed by atoms with Crippen molar-refractivity contribution in [3.63, 3.8) is 0 Å². The largest absolute Gasteiger partial charge is 0.481 e. The number of rotatable bonds is 8. The van der Waals surface area contributed by atoms with Crippen LogP contribution in [0.15, 0.2) is 66.2 Å². The van der Waals surface area contributed by atoms with Crippen molar-refractivity contribution in [2.24, 2.45) is 50.2 Å². The van der Waals surface area contributed by atoms with Crippen molar-refractivity contribution in [3.8, 4) is 0 Å². The van der Waals surface area contributed by atoms with Crippen LogP contribution in [-0.2, 0) is 26.9 Å². The standard InChI is InChI=1S/C30H46O4.C19H20F3NO2.ClH/c1-25(2)21-8-11-30(7)23(28(21,5)10-9-22(25)32)20(31)16-18-19-17-27(4,24(33)34)13-12-26(19,3)14-15-29(18,30)6;1-14(12-15-6-5-9-17(13-15)19(20,21)22)23-10-11-25-18(24)16-7-3-2-4-8-16;/h16,19,21-23,32H,8-15,17H2,1-7H3,(H,33,34);2-9,13-14,23H,10-12H2,1H3;1H. The lowest BCUT2D eigenvalue weighted by atomic mass is 9.33. The number of alkyl halides is 3. The fraction of sp³-hybridized carbons (Fsp3) is 0.653. The van der Waals surface area contributed by atoms with Crippen molar-refractivity contribution in [1.82, 2.24) is 5.32 Å². The Bertz CT molecular complexity index is 1940. The van der Waals surface area contributed by atoms with Crippen LogP contribution in [0, 0.1) is 50.2 Å². The highest BCUT2D eigenvalue weighted by Crippen LogP contribution is 2.75.